The molecule has 1 aromatic carbocycles. The summed E-state index contributed by atoms with van der Waals surface area (Å²) in [4.78, 5) is 4.98. The van der Waals surface area contributed by atoms with Crippen molar-refractivity contribution in [2.24, 2.45) is 10.9 Å². The normalized spacial score (nSPS) is 13.2. The Bertz CT molecular complexity index is 622. The zero-order chi connectivity index (χ0) is 16.7. The number of aromatic nitrogens is 1. The van der Waals surface area contributed by atoms with Crippen molar-refractivity contribution in [2.75, 3.05) is 20.8 Å². The first-order chi connectivity index (χ1) is 11.2. The summed E-state index contributed by atoms with van der Waals surface area (Å²) in [5.74, 6) is 2.13. The molecule has 0 spiro atoms. The molecule has 0 radical (unpaired) electrons. The summed E-state index contributed by atoms with van der Waals surface area (Å²) in [6.45, 7) is 4.92. The largest absolute Gasteiger partial charge is 0.496 e. The van der Waals surface area contributed by atoms with Gasteiger partial charge in [0.1, 0.15) is 5.75 Å². The van der Waals surface area contributed by atoms with E-state index in [-0.39, 0.29) is 6.04 Å². The molecule has 0 saturated heterocycles. The van der Waals surface area contributed by atoms with E-state index >= 15 is 0 Å². The third-order valence-electron chi connectivity index (χ3n) is 3.71. The molecule has 1 aromatic heterocycles. The second-order valence-electron chi connectivity index (χ2n) is 5.73. The lowest BCUT2D eigenvalue weighted by atomic mass is 10.1. The van der Waals surface area contributed by atoms with Crippen molar-refractivity contribution in [3.05, 3.63) is 60.4 Å². The Labute approximate surface area is 138 Å². The highest BCUT2D eigenvalue weighted by molar-refractivity contribution is 5.91. The van der Waals surface area contributed by atoms with Crippen LogP contribution in [0.25, 0.3) is 0 Å². The predicted molar refractivity (Wildman–Crippen MR) is 92.1 cm³/mol. The van der Waals surface area contributed by atoms with Crippen LogP contribution in [0.1, 0.15) is 19.4 Å². The fourth-order valence-corrected chi connectivity index (χ4v) is 2.27. The number of nitrogens with zero attached hydrogens (tertiary/aromatic N) is 2. The van der Waals surface area contributed by atoms with Gasteiger partial charge < -0.3 is 9.47 Å². The SMILES string of the molecule is COC[C@@H](N=C(c1ccccc1)[n+]1ccc(OC)cc1)C(C)C. The summed E-state index contributed by atoms with van der Waals surface area (Å²) in [5.41, 5.74) is 1.07. The molecule has 0 unspecified atom stereocenters. The maximum absolute atomic E-state index is 5.34. The average Bonchev–Trinajstić information content (AvgIpc) is 2.59. The minimum atomic E-state index is 0.102. The van der Waals surface area contributed by atoms with Crippen LogP contribution in [0, 0.1) is 5.92 Å². The number of aliphatic imine (C=N–C) groups is 1. The molecular formula is C19H25N2O2+. The minimum Gasteiger partial charge on any atom is -0.496 e. The van der Waals surface area contributed by atoms with Crippen LogP contribution in [0.3, 0.4) is 0 Å². The fraction of sp³-hybridized carbons (Fsp3) is 0.368. The van der Waals surface area contributed by atoms with Gasteiger partial charge in [-0.2, -0.15) is 0 Å². The van der Waals surface area contributed by atoms with Crippen molar-refractivity contribution in [1.82, 2.24) is 0 Å². The van der Waals surface area contributed by atoms with E-state index in [2.05, 4.69) is 26.0 Å². The molecule has 0 aliphatic rings. The molecule has 0 aliphatic heterocycles. The van der Waals surface area contributed by atoms with Crippen LogP contribution in [0.4, 0.5) is 0 Å². The first-order valence-corrected chi connectivity index (χ1v) is 7.83. The fourth-order valence-electron chi connectivity index (χ4n) is 2.27. The van der Waals surface area contributed by atoms with E-state index in [0.717, 1.165) is 17.1 Å². The molecule has 4 heteroatoms. The van der Waals surface area contributed by atoms with E-state index in [0.29, 0.717) is 12.5 Å². The molecule has 0 bridgehead atoms. The predicted octanol–water partition coefficient (Wildman–Crippen LogP) is 2.95. The topological polar surface area (TPSA) is 34.7 Å². The zero-order valence-electron chi connectivity index (χ0n) is 14.3. The minimum absolute atomic E-state index is 0.102. The third kappa shape index (κ3) is 4.63. The molecule has 2 aromatic rings. The second kappa shape index (κ2) is 8.44. The molecular weight excluding hydrogens is 288 g/mol. The second-order valence-corrected chi connectivity index (χ2v) is 5.73. The van der Waals surface area contributed by atoms with Gasteiger partial charge in [0, 0.05) is 25.2 Å². The highest BCUT2D eigenvalue weighted by atomic mass is 16.5. The van der Waals surface area contributed by atoms with Crippen molar-refractivity contribution in [2.45, 2.75) is 19.9 Å². The molecule has 122 valence electrons. The van der Waals surface area contributed by atoms with Crippen LogP contribution in [-0.4, -0.2) is 32.7 Å². The summed E-state index contributed by atoms with van der Waals surface area (Å²) in [5, 5.41) is 0. The molecule has 0 fully saturated rings. The lowest BCUT2D eigenvalue weighted by molar-refractivity contribution is -0.554. The Kier molecular flexibility index (Phi) is 6.29. The first-order valence-electron chi connectivity index (χ1n) is 7.83. The van der Waals surface area contributed by atoms with Gasteiger partial charge in [0.2, 0.25) is 0 Å². The lowest BCUT2D eigenvalue weighted by Gasteiger charge is -2.12. The van der Waals surface area contributed by atoms with Crippen LogP contribution in [0.15, 0.2) is 59.9 Å². The van der Waals surface area contributed by atoms with Gasteiger partial charge in [-0.15, -0.1) is 0 Å². The van der Waals surface area contributed by atoms with Gasteiger partial charge in [-0.25, -0.2) is 4.57 Å². The van der Waals surface area contributed by atoms with E-state index in [1.807, 2.05) is 47.3 Å². The first kappa shape index (κ1) is 17.2. The zero-order valence-corrected chi connectivity index (χ0v) is 14.3. The van der Waals surface area contributed by atoms with Crippen LogP contribution in [-0.2, 0) is 4.74 Å². The average molecular weight is 313 g/mol. The van der Waals surface area contributed by atoms with Crippen molar-refractivity contribution in [3.63, 3.8) is 0 Å². The Morgan fingerprint density at radius 3 is 2.22 bits per heavy atom. The standard InChI is InChI=1S/C19H25N2O2/c1-15(2)18(14-22-3)20-19(16-8-6-5-7-9-16)21-12-10-17(23-4)11-13-21/h5-13,15,18H,14H2,1-4H3/q+1/t18-/m1/s1. The summed E-state index contributed by atoms with van der Waals surface area (Å²) in [6, 6.07) is 14.2. The Morgan fingerprint density at radius 2 is 1.70 bits per heavy atom. The summed E-state index contributed by atoms with van der Waals surface area (Å²) in [6.07, 6.45) is 3.93. The van der Waals surface area contributed by atoms with E-state index in [1.54, 1.807) is 14.2 Å². The molecule has 0 N–H and O–H groups in total. The van der Waals surface area contributed by atoms with Crippen LogP contribution >= 0.6 is 0 Å². The summed E-state index contributed by atoms with van der Waals surface area (Å²) >= 11 is 0. The number of hydrogen-bond acceptors (Lipinski definition) is 3. The van der Waals surface area contributed by atoms with E-state index < -0.39 is 0 Å². The number of rotatable bonds is 6. The van der Waals surface area contributed by atoms with Gasteiger partial charge >= 0.3 is 5.84 Å². The molecule has 0 amide bonds. The van der Waals surface area contributed by atoms with Gasteiger partial charge in [0.25, 0.3) is 0 Å². The van der Waals surface area contributed by atoms with Gasteiger partial charge in [-0.1, -0.05) is 37.0 Å². The Balaban J connectivity index is 2.46. The van der Waals surface area contributed by atoms with Gasteiger partial charge in [0.05, 0.1) is 31.7 Å². The lowest BCUT2D eigenvalue weighted by Crippen LogP contribution is -2.44. The number of pyridine rings is 1. The number of hydrogen-bond donors (Lipinski definition) is 0. The number of methoxy groups -OCH3 is 2. The molecule has 0 aliphatic carbocycles. The Hall–Kier alpha value is -2.20. The van der Waals surface area contributed by atoms with Gasteiger partial charge in [-0.3, -0.25) is 0 Å². The van der Waals surface area contributed by atoms with Gasteiger partial charge in [-0.05, 0) is 12.1 Å². The van der Waals surface area contributed by atoms with Crippen molar-refractivity contribution in [3.8, 4) is 5.75 Å². The number of benzene rings is 1. The molecule has 23 heavy (non-hydrogen) atoms. The Morgan fingerprint density at radius 1 is 1.04 bits per heavy atom. The van der Waals surface area contributed by atoms with Crippen LogP contribution in [0.2, 0.25) is 0 Å². The van der Waals surface area contributed by atoms with Crippen LogP contribution < -0.4 is 9.30 Å². The molecule has 2 rings (SSSR count). The quantitative estimate of drug-likeness (QED) is 0.467. The third-order valence-corrected chi connectivity index (χ3v) is 3.71. The van der Waals surface area contributed by atoms with E-state index in [4.69, 9.17) is 14.5 Å². The van der Waals surface area contributed by atoms with Crippen molar-refractivity contribution >= 4 is 5.84 Å². The smallest absolute Gasteiger partial charge is 0.329 e. The van der Waals surface area contributed by atoms with Crippen LogP contribution in [0.5, 0.6) is 5.75 Å². The van der Waals surface area contributed by atoms with E-state index in [1.165, 1.54) is 0 Å². The van der Waals surface area contributed by atoms with Crippen molar-refractivity contribution in [1.29, 1.82) is 0 Å². The molecule has 4 nitrogen and oxygen atoms in total. The number of ether oxygens (including phenoxy) is 2. The molecule has 1 heterocycles. The summed E-state index contributed by atoms with van der Waals surface area (Å²) in [7, 11) is 3.38. The van der Waals surface area contributed by atoms with Crippen molar-refractivity contribution < 1.29 is 14.0 Å². The highest BCUT2D eigenvalue weighted by Gasteiger charge is 2.23. The molecule has 1 atom stereocenters. The van der Waals surface area contributed by atoms with Gasteiger partial charge in [0.15, 0.2) is 6.04 Å². The van der Waals surface area contributed by atoms with E-state index in [9.17, 15) is 0 Å². The maximum Gasteiger partial charge on any atom is 0.329 e. The monoisotopic (exact) mass is 313 g/mol. The maximum atomic E-state index is 5.34. The highest BCUT2D eigenvalue weighted by Crippen LogP contribution is 2.11. The summed E-state index contributed by atoms with van der Waals surface area (Å²) < 4.78 is 12.6. The molecule has 0 saturated carbocycles.